The van der Waals surface area contributed by atoms with E-state index in [4.69, 9.17) is 4.52 Å². The second-order valence-electron chi connectivity index (χ2n) is 6.28. The highest BCUT2D eigenvalue weighted by atomic mass is 16.5. The van der Waals surface area contributed by atoms with Gasteiger partial charge in [-0.05, 0) is 52.7 Å². The number of nitrogens with one attached hydrogen (secondary N) is 2. The second kappa shape index (κ2) is 11.0. The molecule has 7 nitrogen and oxygen atoms in total. The molecule has 2 heterocycles. The van der Waals surface area contributed by atoms with Crippen LogP contribution in [-0.4, -0.2) is 60.3 Å². The van der Waals surface area contributed by atoms with Gasteiger partial charge in [-0.3, -0.25) is 4.99 Å². The first-order valence-electron chi connectivity index (χ1n) is 9.31. The Morgan fingerprint density at radius 3 is 2.67 bits per heavy atom. The van der Waals surface area contributed by atoms with Crippen molar-refractivity contribution in [2.75, 3.05) is 39.3 Å². The van der Waals surface area contributed by atoms with E-state index in [1.807, 2.05) is 6.92 Å². The summed E-state index contributed by atoms with van der Waals surface area (Å²) in [7, 11) is 0. The zero-order valence-corrected chi connectivity index (χ0v) is 15.2. The Kier molecular flexibility index (Phi) is 8.59. The molecule has 1 aromatic heterocycles. The molecule has 0 unspecified atom stereocenters. The molecule has 0 amide bonds. The van der Waals surface area contributed by atoms with E-state index in [2.05, 4.69) is 37.6 Å². The third kappa shape index (κ3) is 7.29. The average Bonchev–Trinajstić information content (AvgIpc) is 2.83. The first-order chi connectivity index (χ1) is 11.8. The number of aliphatic imine (C=N–C) groups is 1. The Morgan fingerprint density at radius 1 is 1.21 bits per heavy atom. The molecule has 0 radical (unpaired) electrons. The summed E-state index contributed by atoms with van der Waals surface area (Å²) in [6.07, 6.45) is 7.30. The number of rotatable bonds is 8. The van der Waals surface area contributed by atoms with Crippen LogP contribution in [0.15, 0.2) is 9.52 Å². The van der Waals surface area contributed by atoms with Gasteiger partial charge in [-0.1, -0.05) is 18.0 Å². The van der Waals surface area contributed by atoms with E-state index in [0.29, 0.717) is 18.1 Å². The highest BCUT2D eigenvalue weighted by Gasteiger charge is 2.08. The summed E-state index contributed by atoms with van der Waals surface area (Å²) in [5.41, 5.74) is 0. The minimum Gasteiger partial charge on any atom is -0.357 e. The molecule has 136 valence electrons. The van der Waals surface area contributed by atoms with Crippen LogP contribution in [0.5, 0.6) is 0 Å². The minimum atomic E-state index is 0.664. The third-order valence-electron chi connectivity index (χ3n) is 4.15. The molecule has 1 aliphatic rings. The smallest absolute Gasteiger partial charge is 0.228 e. The van der Waals surface area contributed by atoms with Crippen LogP contribution >= 0.6 is 0 Å². The van der Waals surface area contributed by atoms with Gasteiger partial charge in [0.25, 0.3) is 0 Å². The molecule has 1 saturated heterocycles. The van der Waals surface area contributed by atoms with Crippen molar-refractivity contribution in [3.63, 3.8) is 0 Å². The number of likely N-dealkylation sites (tertiary alicyclic amines) is 1. The molecule has 2 rings (SSSR count). The quantitative estimate of drug-likeness (QED) is 0.428. The van der Waals surface area contributed by atoms with Crippen LogP contribution in [-0.2, 0) is 6.42 Å². The maximum Gasteiger partial charge on any atom is 0.228 e. The number of guanidine groups is 1. The Hall–Kier alpha value is -1.63. The number of hydrogen-bond acceptors (Lipinski definition) is 5. The van der Waals surface area contributed by atoms with E-state index in [9.17, 15) is 0 Å². The topological polar surface area (TPSA) is 78.6 Å². The van der Waals surface area contributed by atoms with Gasteiger partial charge >= 0.3 is 0 Å². The van der Waals surface area contributed by atoms with Gasteiger partial charge in [0.2, 0.25) is 5.89 Å². The Labute approximate surface area is 145 Å². The van der Waals surface area contributed by atoms with Gasteiger partial charge in [0.05, 0.1) is 0 Å². The van der Waals surface area contributed by atoms with Crippen molar-refractivity contribution in [2.24, 2.45) is 4.99 Å². The monoisotopic (exact) mass is 336 g/mol. The lowest BCUT2D eigenvalue weighted by Gasteiger charge is -2.19. The standard InChI is InChI=1S/C17H32N6O/c1-3-18-17(20-11-9-16-21-15(2)22-24-16)19-10-8-14-23-12-6-4-5-7-13-23/h3-14H2,1-2H3,(H2,18,19,20). The lowest BCUT2D eigenvalue weighted by Crippen LogP contribution is -2.38. The molecule has 1 aromatic rings. The Balaban J connectivity index is 1.65. The molecule has 2 N–H and O–H groups in total. The summed E-state index contributed by atoms with van der Waals surface area (Å²) in [4.78, 5) is 11.4. The van der Waals surface area contributed by atoms with Crippen LogP contribution in [0, 0.1) is 6.92 Å². The maximum atomic E-state index is 5.12. The summed E-state index contributed by atoms with van der Waals surface area (Å²) >= 11 is 0. The number of hydrogen-bond donors (Lipinski definition) is 2. The molecule has 24 heavy (non-hydrogen) atoms. The Morgan fingerprint density at radius 2 is 2.00 bits per heavy atom. The first-order valence-corrected chi connectivity index (χ1v) is 9.31. The molecule has 0 spiro atoms. The van der Waals surface area contributed by atoms with Crippen LogP contribution in [0.4, 0.5) is 0 Å². The van der Waals surface area contributed by atoms with Crippen LogP contribution < -0.4 is 10.6 Å². The molecule has 0 aromatic carbocycles. The predicted octanol–water partition coefficient (Wildman–Crippen LogP) is 1.74. The van der Waals surface area contributed by atoms with E-state index < -0.39 is 0 Å². The summed E-state index contributed by atoms with van der Waals surface area (Å²) in [5, 5.41) is 10.4. The van der Waals surface area contributed by atoms with E-state index in [-0.39, 0.29) is 0 Å². The molecular weight excluding hydrogens is 304 g/mol. The molecule has 0 bridgehead atoms. The van der Waals surface area contributed by atoms with Crippen molar-refractivity contribution in [3.8, 4) is 0 Å². The summed E-state index contributed by atoms with van der Waals surface area (Å²) < 4.78 is 5.12. The van der Waals surface area contributed by atoms with Crippen LogP contribution in [0.2, 0.25) is 0 Å². The minimum absolute atomic E-state index is 0.664. The SMILES string of the molecule is CCNC(=NCCCN1CCCCCC1)NCCc1nc(C)no1. The van der Waals surface area contributed by atoms with Crippen LogP contribution in [0.25, 0.3) is 0 Å². The highest BCUT2D eigenvalue weighted by molar-refractivity contribution is 5.79. The van der Waals surface area contributed by atoms with E-state index >= 15 is 0 Å². The van der Waals surface area contributed by atoms with Crippen molar-refractivity contribution in [3.05, 3.63) is 11.7 Å². The largest absolute Gasteiger partial charge is 0.357 e. The van der Waals surface area contributed by atoms with Gasteiger partial charge in [-0.15, -0.1) is 0 Å². The first kappa shape index (κ1) is 18.7. The fraction of sp³-hybridized carbons (Fsp3) is 0.824. The summed E-state index contributed by atoms with van der Waals surface area (Å²) in [6, 6.07) is 0. The molecule has 1 aliphatic heterocycles. The fourth-order valence-electron chi connectivity index (χ4n) is 2.92. The lowest BCUT2D eigenvalue weighted by molar-refractivity contribution is 0.283. The normalized spacial score (nSPS) is 16.8. The van der Waals surface area contributed by atoms with Gasteiger partial charge in [0, 0.05) is 26.1 Å². The zero-order valence-electron chi connectivity index (χ0n) is 15.2. The highest BCUT2D eigenvalue weighted by Crippen LogP contribution is 2.09. The molecule has 0 aliphatic carbocycles. The van der Waals surface area contributed by atoms with Crippen molar-refractivity contribution in [1.29, 1.82) is 0 Å². The fourth-order valence-corrected chi connectivity index (χ4v) is 2.92. The number of aryl methyl sites for hydroxylation is 1. The second-order valence-corrected chi connectivity index (χ2v) is 6.28. The van der Waals surface area contributed by atoms with Crippen LogP contribution in [0.3, 0.4) is 0 Å². The van der Waals surface area contributed by atoms with E-state index in [1.165, 1.54) is 38.8 Å². The number of aromatic nitrogens is 2. The predicted molar refractivity (Wildman–Crippen MR) is 96.2 cm³/mol. The lowest BCUT2D eigenvalue weighted by atomic mass is 10.2. The van der Waals surface area contributed by atoms with Crippen molar-refractivity contribution in [1.82, 2.24) is 25.7 Å². The van der Waals surface area contributed by atoms with E-state index in [0.717, 1.165) is 38.6 Å². The zero-order chi connectivity index (χ0) is 17.0. The van der Waals surface area contributed by atoms with Crippen molar-refractivity contribution >= 4 is 5.96 Å². The van der Waals surface area contributed by atoms with Crippen LogP contribution in [0.1, 0.15) is 50.7 Å². The molecular formula is C17H32N6O. The third-order valence-corrected chi connectivity index (χ3v) is 4.15. The van der Waals surface area contributed by atoms with Gasteiger partial charge in [0.1, 0.15) is 0 Å². The van der Waals surface area contributed by atoms with Gasteiger partial charge in [-0.2, -0.15) is 4.98 Å². The molecule has 0 atom stereocenters. The average molecular weight is 336 g/mol. The molecule has 1 fully saturated rings. The molecule has 0 saturated carbocycles. The number of nitrogens with zero attached hydrogens (tertiary/aromatic N) is 4. The summed E-state index contributed by atoms with van der Waals surface area (Å²) in [5.74, 6) is 2.21. The van der Waals surface area contributed by atoms with Crippen molar-refractivity contribution < 1.29 is 4.52 Å². The van der Waals surface area contributed by atoms with Gasteiger partial charge < -0.3 is 20.1 Å². The summed E-state index contributed by atoms with van der Waals surface area (Å²) in [6.45, 7) is 10.0. The van der Waals surface area contributed by atoms with E-state index in [1.54, 1.807) is 0 Å². The van der Waals surface area contributed by atoms with Gasteiger partial charge in [-0.25, -0.2) is 0 Å². The van der Waals surface area contributed by atoms with Crippen molar-refractivity contribution in [2.45, 2.75) is 52.4 Å². The Bertz CT molecular complexity index is 479. The molecule has 7 heteroatoms. The van der Waals surface area contributed by atoms with Gasteiger partial charge in [0.15, 0.2) is 11.8 Å². The maximum absolute atomic E-state index is 5.12.